The van der Waals surface area contributed by atoms with Gasteiger partial charge in [-0.2, -0.15) is 0 Å². The SMILES string of the molecule is O=C(Nc1ccc(N2CCCCC2)cc1)c1cc2cc(Br)ccc2o1. The second kappa shape index (κ2) is 6.92. The van der Waals surface area contributed by atoms with E-state index >= 15 is 0 Å². The molecule has 1 N–H and O–H groups in total. The van der Waals surface area contributed by atoms with Crippen molar-refractivity contribution in [2.75, 3.05) is 23.3 Å². The van der Waals surface area contributed by atoms with E-state index in [1.165, 1.54) is 24.9 Å². The van der Waals surface area contributed by atoms with Gasteiger partial charge in [-0.15, -0.1) is 0 Å². The summed E-state index contributed by atoms with van der Waals surface area (Å²) in [6, 6.07) is 15.5. The Labute approximate surface area is 154 Å². The summed E-state index contributed by atoms with van der Waals surface area (Å²) in [7, 11) is 0. The molecule has 0 bridgehead atoms. The van der Waals surface area contributed by atoms with Crippen molar-refractivity contribution in [3.05, 3.63) is 58.8 Å². The molecule has 3 aromatic rings. The summed E-state index contributed by atoms with van der Waals surface area (Å²) in [6.07, 6.45) is 3.82. The minimum Gasteiger partial charge on any atom is -0.451 e. The monoisotopic (exact) mass is 398 g/mol. The van der Waals surface area contributed by atoms with Crippen LogP contribution >= 0.6 is 15.9 Å². The first-order valence-electron chi connectivity index (χ1n) is 8.54. The van der Waals surface area contributed by atoms with Gasteiger partial charge in [-0.1, -0.05) is 15.9 Å². The van der Waals surface area contributed by atoms with Gasteiger partial charge in [0.15, 0.2) is 5.76 Å². The highest BCUT2D eigenvalue weighted by atomic mass is 79.9. The molecule has 4 nitrogen and oxygen atoms in total. The third-order valence-electron chi connectivity index (χ3n) is 4.55. The first-order chi connectivity index (χ1) is 12.2. The van der Waals surface area contributed by atoms with E-state index in [9.17, 15) is 4.79 Å². The lowest BCUT2D eigenvalue weighted by Gasteiger charge is -2.28. The van der Waals surface area contributed by atoms with E-state index < -0.39 is 0 Å². The van der Waals surface area contributed by atoms with E-state index in [1.807, 2.05) is 30.3 Å². The fourth-order valence-electron chi connectivity index (χ4n) is 3.23. The van der Waals surface area contributed by atoms with Crippen LogP contribution in [-0.2, 0) is 0 Å². The minimum atomic E-state index is -0.238. The zero-order valence-corrected chi connectivity index (χ0v) is 15.4. The van der Waals surface area contributed by atoms with Gasteiger partial charge in [-0.3, -0.25) is 4.79 Å². The Morgan fingerprint density at radius 1 is 1.00 bits per heavy atom. The van der Waals surface area contributed by atoms with Crippen LogP contribution in [0.5, 0.6) is 0 Å². The van der Waals surface area contributed by atoms with Crippen LogP contribution < -0.4 is 10.2 Å². The molecule has 25 heavy (non-hydrogen) atoms. The van der Waals surface area contributed by atoms with E-state index in [0.717, 1.165) is 28.6 Å². The number of hydrogen-bond acceptors (Lipinski definition) is 3. The highest BCUT2D eigenvalue weighted by Crippen LogP contribution is 2.25. The number of piperidine rings is 1. The molecule has 1 aromatic heterocycles. The van der Waals surface area contributed by atoms with Crippen molar-refractivity contribution in [2.45, 2.75) is 19.3 Å². The number of benzene rings is 2. The first kappa shape index (κ1) is 16.2. The summed E-state index contributed by atoms with van der Waals surface area (Å²) in [5.41, 5.74) is 2.69. The van der Waals surface area contributed by atoms with Crippen LogP contribution in [0, 0.1) is 0 Å². The van der Waals surface area contributed by atoms with Gasteiger partial charge in [0.2, 0.25) is 0 Å². The molecule has 0 aliphatic carbocycles. The lowest BCUT2D eigenvalue weighted by atomic mass is 10.1. The summed E-state index contributed by atoms with van der Waals surface area (Å²) in [6.45, 7) is 2.22. The standard InChI is InChI=1S/C20H19BrN2O2/c21-15-4-9-18-14(12-15)13-19(25-18)20(24)22-16-5-7-17(8-6-16)23-10-2-1-3-11-23/h4-9,12-13H,1-3,10-11H2,(H,22,24). The third-order valence-corrected chi connectivity index (χ3v) is 5.04. The quantitative estimate of drug-likeness (QED) is 0.638. The van der Waals surface area contributed by atoms with Gasteiger partial charge in [-0.05, 0) is 67.8 Å². The number of nitrogens with one attached hydrogen (secondary N) is 1. The number of nitrogens with zero attached hydrogens (tertiary/aromatic N) is 1. The van der Waals surface area contributed by atoms with Crippen LogP contribution in [0.2, 0.25) is 0 Å². The van der Waals surface area contributed by atoms with Gasteiger partial charge in [0.25, 0.3) is 5.91 Å². The van der Waals surface area contributed by atoms with Gasteiger partial charge in [0, 0.05) is 34.3 Å². The van der Waals surface area contributed by atoms with Crippen molar-refractivity contribution in [2.24, 2.45) is 0 Å². The summed E-state index contributed by atoms with van der Waals surface area (Å²) in [5.74, 6) is 0.0752. The Balaban J connectivity index is 1.47. The lowest BCUT2D eigenvalue weighted by Crippen LogP contribution is -2.29. The number of halogens is 1. The average Bonchev–Trinajstić information content (AvgIpc) is 3.06. The molecule has 4 rings (SSSR count). The van der Waals surface area contributed by atoms with E-state index in [0.29, 0.717) is 11.3 Å². The van der Waals surface area contributed by atoms with E-state index in [-0.39, 0.29) is 5.91 Å². The Morgan fingerprint density at radius 2 is 1.76 bits per heavy atom. The molecule has 1 aliphatic heterocycles. The Morgan fingerprint density at radius 3 is 2.52 bits per heavy atom. The van der Waals surface area contributed by atoms with Crippen LogP contribution in [0.15, 0.2) is 57.4 Å². The predicted octanol–water partition coefficient (Wildman–Crippen LogP) is 5.44. The normalized spacial score (nSPS) is 14.7. The van der Waals surface area contributed by atoms with E-state index in [1.54, 1.807) is 6.07 Å². The minimum absolute atomic E-state index is 0.238. The molecule has 0 radical (unpaired) electrons. The Hall–Kier alpha value is -2.27. The van der Waals surface area contributed by atoms with Crippen LogP contribution in [0.3, 0.4) is 0 Å². The molecule has 2 aromatic carbocycles. The maximum Gasteiger partial charge on any atom is 0.291 e. The van der Waals surface area contributed by atoms with Gasteiger partial charge in [0.05, 0.1) is 0 Å². The highest BCUT2D eigenvalue weighted by molar-refractivity contribution is 9.10. The molecule has 1 amide bonds. The van der Waals surface area contributed by atoms with Gasteiger partial charge < -0.3 is 14.6 Å². The molecule has 1 aliphatic rings. The molecular weight excluding hydrogens is 380 g/mol. The summed E-state index contributed by atoms with van der Waals surface area (Å²) in [4.78, 5) is 14.8. The molecule has 0 spiro atoms. The molecule has 1 fully saturated rings. The average molecular weight is 399 g/mol. The van der Waals surface area contributed by atoms with Crippen molar-refractivity contribution >= 4 is 44.2 Å². The summed E-state index contributed by atoms with van der Waals surface area (Å²) in [5, 5.41) is 3.80. The second-order valence-electron chi connectivity index (χ2n) is 6.34. The number of rotatable bonds is 3. The first-order valence-corrected chi connectivity index (χ1v) is 9.34. The molecular formula is C20H19BrN2O2. The van der Waals surface area contributed by atoms with Crippen molar-refractivity contribution in [1.82, 2.24) is 0 Å². The zero-order chi connectivity index (χ0) is 17.2. The Bertz CT molecular complexity index is 896. The van der Waals surface area contributed by atoms with Crippen molar-refractivity contribution in [3.8, 4) is 0 Å². The van der Waals surface area contributed by atoms with Gasteiger partial charge in [0.1, 0.15) is 5.58 Å². The fraction of sp³-hybridized carbons (Fsp3) is 0.250. The van der Waals surface area contributed by atoms with Gasteiger partial charge >= 0.3 is 0 Å². The molecule has 0 saturated carbocycles. The number of amides is 1. The molecule has 5 heteroatoms. The Kier molecular flexibility index (Phi) is 4.49. The largest absolute Gasteiger partial charge is 0.451 e. The topological polar surface area (TPSA) is 45.5 Å². The van der Waals surface area contributed by atoms with Crippen LogP contribution in [0.4, 0.5) is 11.4 Å². The smallest absolute Gasteiger partial charge is 0.291 e. The summed E-state index contributed by atoms with van der Waals surface area (Å²) >= 11 is 3.43. The number of carbonyl (C=O) groups is 1. The van der Waals surface area contributed by atoms with Crippen molar-refractivity contribution in [1.29, 1.82) is 0 Å². The molecule has 2 heterocycles. The van der Waals surface area contributed by atoms with Crippen molar-refractivity contribution < 1.29 is 9.21 Å². The predicted molar refractivity (Wildman–Crippen MR) is 104 cm³/mol. The lowest BCUT2D eigenvalue weighted by molar-refractivity contribution is 0.0998. The third kappa shape index (κ3) is 3.56. The zero-order valence-electron chi connectivity index (χ0n) is 13.8. The highest BCUT2D eigenvalue weighted by Gasteiger charge is 2.14. The number of anilines is 2. The van der Waals surface area contributed by atoms with Crippen LogP contribution in [0.25, 0.3) is 11.0 Å². The molecule has 0 unspecified atom stereocenters. The maximum atomic E-state index is 12.4. The molecule has 0 atom stereocenters. The number of fused-ring (bicyclic) bond motifs is 1. The van der Waals surface area contributed by atoms with Gasteiger partial charge in [-0.25, -0.2) is 0 Å². The second-order valence-corrected chi connectivity index (χ2v) is 7.26. The summed E-state index contributed by atoms with van der Waals surface area (Å²) < 4.78 is 6.59. The van der Waals surface area contributed by atoms with Crippen LogP contribution in [0.1, 0.15) is 29.8 Å². The number of furan rings is 1. The van der Waals surface area contributed by atoms with E-state index in [4.69, 9.17) is 4.42 Å². The number of hydrogen-bond donors (Lipinski definition) is 1. The molecule has 1 saturated heterocycles. The van der Waals surface area contributed by atoms with Crippen molar-refractivity contribution in [3.63, 3.8) is 0 Å². The fourth-order valence-corrected chi connectivity index (χ4v) is 3.61. The maximum absolute atomic E-state index is 12.4. The van der Waals surface area contributed by atoms with E-state index in [2.05, 4.69) is 38.3 Å². The van der Waals surface area contributed by atoms with Crippen LogP contribution in [-0.4, -0.2) is 19.0 Å². The molecule has 128 valence electrons. The number of carbonyl (C=O) groups excluding carboxylic acids is 1.